The van der Waals surface area contributed by atoms with E-state index < -0.39 is 0 Å². The predicted molar refractivity (Wildman–Crippen MR) is 90.9 cm³/mol. The van der Waals surface area contributed by atoms with Gasteiger partial charge in [0, 0.05) is 19.7 Å². The molecule has 0 atom stereocenters. The topological polar surface area (TPSA) is 29.5 Å². The SMILES string of the molecule is C=CCOCC1CCN(C(=O)C23CC4CC(CC(C4)C2)C3)CC1. The molecule has 3 nitrogen and oxygen atoms in total. The molecule has 1 aliphatic heterocycles. The Morgan fingerprint density at radius 3 is 2.17 bits per heavy atom. The van der Waals surface area contributed by atoms with Crippen LogP contribution in [-0.4, -0.2) is 37.1 Å². The quantitative estimate of drug-likeness (QED) is 0.572. The Balaban J connectivity index is 1.34. The number of carbonyl (C=O) groups is 1. The molecule has 0 spiro atoms. The molecule has 4 aliphatic carbocycles. The molecule has 5 rings (SSSR count). The standard InChI is InChI=1S/C20H31NO2/c1-2-7-23-14-15-3-5-21(6-4-15)19(22)20-11-16-8-17(12-20)10-18(9-16)13-20/h2,15-18H,1,3-14H2. The highest BCUT2D eigenvalue weighted by Gasteiger charge is 2.55. The van der Waals surface area contributed by atoms with Gasteiger partial charge >= 0.3 is 0 Å². The van der Waals surface area contributed by atoms with Gasteiger partial charge in [-0.25, -0.2) is 0 Å². The van der Waals surface area contributed by atoms with Crippen molar-refractivity contribution < 1.29 is 9.53 Å². The van der Waals surface area contributed by atoms with Gasteiger partial charge in [-0.05, 0) is 75.0 Å². The van der Waals surface area contributed by atoms with E-state index in [0.717, 1.165) is 50.3 Å². The Morgan fingerprint density at radius 2 is 1.65 bits per heavy atom. The lowest BCUT2D eigenvalue weighted by Crippen LogP contribution is -2.55. The minimum atomic E-state index is 0.0426. The molecule has 1 saturated heterocycles. The molecule has 4 bridgehead atoms. The van der Waals surface area contributed by atoms with Gasteiger partial charge in [0.1, 0.15) is 0 Å². The summed E-state index contributed by atoms with van der Waals surface area (Å²) in [5, 5.41) is 0. The zero-order valence-corrected chi connectivity index (χ0v) is 14.3. The maximum absolute atomic E-state index is 13.3. The van der Waals surface area contributed by atoms with Crippen LogP contribution in [0.1, 0.15) is 51.4 Å². The van der Waals surface area contributed by atoms with Gasteiger partial charge in [-0.1, -0.05) is 6.08 Å². The highest BCUT2D eigenvalue weighted by Crippen LogP contribution is 2.60. The lowest BCUT2D eigenvalue weighted by Gasteiger charge is -2.57. The van der Waals surface area contributed by atoms with Crippen LogP contribution >= 0.6 is 0 Å². The van der Waals surface area contributed by atoms with E-state index in [4.69, 9.17) is 4.74 Å². The van der Waals surface area contributed by atoms with Crippen LogP contribution in [0.25, 0.3) is 0 Å². The normalized spacial score (nSPS) is 39.7. The zero-order chi connectivity index (χ0) is 15.9. The number of amides is 1. The molecule has 0 unspecified atom stereocenters. The number of carbonyl (C=O) groups excluding carboxylic acids is 1. The summed E-state index contributed by atoms with van der Waals surface area (Å²) in [5.74, 6) is 3.71. The summed E-state index contributed by atoms with van der Waals surface area (Å²) in [5.41, 5.74) is 0.0426. The Hall–Kier alpha value is -0.830. The molecule has 4 saturated carbocycles. The van der Waals surface area contributed by atoms with Gasteiger partial charge in [-0.15, -0.1) is 6.58 Å². The fourth-order valence-corrected chi connectivity index (χ4v) is 6.33. The average Bonchev–Trinajstić information content (AvgIpc) is 2.54. The Morgan fingerprint density at radius 1 is 1.09 bits per heavy atom. The molecular weight excluding hydrogens is 286 g/mol. The van der Waals surface area contributed by atoms with Crippen LogP contribution in [0.15, 0.2) is 12.7 Å². The molecule has 5 fully saturated rings. The monoisotopic (exact) mass is 317 g/mol. The largest absolute Gasteiger partial charge is 0.377 e. The second-order valence-electron chi connectivity index (χ2n) is 8.76. The summed E-state index contributed by atoms with van der Waals surface area (Å²) in [7, 11) is 0. The number of ether oxygens (including phenoxy) is 1. The molecule has 5 aliphatic rings. The van der Waals surface area contributed by atoms with E-state index in [1.807, 2.05) is 6.08 Å². The van der Waals surface area contributed by atoms with Gasteiger partial charge in [-0.2, -0.15) is 0 Å². The second-order valence-corrected chi connectivity index (χ2v) is 8.76. The van der Waals surface area contributed by atoms with E-state index >= 15 is 0 Å². The molecule has 1 amide bonds. The summed E-state index contributed by atoms with van der Waals surface area (Å²) < 4.78 is 5.60. The third kappa shape index (κ3) is 2.97. The summed E-state index contributed by atoms with van der Waals surface area (Å²) in [6.07, 6.45) is 11.8. The molecule has 0 aromatic heterocycles. The van der Waals surface area contributed by atoms with Crippen LogP contribution in [0, 0.1) is 29.1 Å². The van der Waals surface area contributed by atoms with Crippen LogP contribution in [0.2, 0.25) is 0 Å². The van der Waals surface area contributed by atoms with E-state index in [2.05, 4.69) is 11.5 Å². The first-order valence-corrected chi connectivity index (χ1v) is 9.66. The van der Waals surface area contributed by atoms with Gasteiger partial charge in [0.2, 0.25) is 5.91 Å². The van der Waals surface area contributed by atoms with Gasteiger partial charge in [0.15, 0.2) is 0 Å². The average molecular weight is 317 g/mol. The van der Waals surface area contributed by atoms with E-state index in [-0.39, 0.29) is 5.41 Å². The van der Waals surface area contributed by atoms with Crippen LogP contribution < -0.4 is 0 Å². The summed E-state index contributed by atoms with van der Waals surface area (Å²) in [4.78, 5) is 15.5. The minimum Gasteiger partial charge on any atom is -0.377 e. The smallest absolute Gasteiger partial charge is 0.228 e. The number of piperidine rings is 1. The summed E-state index contributed by atoms with van der Waals surface area (Å²) in [6, 6.07) is 0. The van der Waals surface area contributed by atoms with Crippen molar-refractivity contribution in [3.8, 4) is 0 Å². The highest BCUT2D eigenvalue weighted by molar-refractivity contribution is 5.83. The summed E-state index contributed by atoms with van der Waals surface area (Å²) >= 11 is 0. The molecular formula is C20H31NO2. The van der Waals surface area contributed by atoms with Crippen molar-refractivity contribution in [2.45, 2.75) is 51.4 Å². The Bertz CT molecular complexity index is 429. The van der Waals surface area contributed by atoms with Crippen molar-refractivity contribution in [3.05, 3.63) is 12.7 Å². The van der Waals surface area contributed by atoms with E-state index in [0.29, 0.717) is 18.4 Å². The highest BCUT2D eigenvalue weighted by atomic mass is 16.5. The molecule has 0 N–H and O–H groups in total. The summed E-state index contributed by atoms with van der Waals surface area (Å²) in [6.45, 7) is 7.06. The van der Waals surface area contributed by atoms with E-state index in [1.165, 1.54) is 38.5 Å². The third-order valence-corrected chi connectivity index (χ3v) is 6.98. The zero-order valence-electron chi connectivity index (χ0n) is 14.3. The van der Waals surface area contributed by atoms with Gasteiger partial charge in [0.05, 0.1) is 12.0 Å². The van der Waals surface area contributed by atoms with Crippen molar-refractivity contribution in [1.82, 2.24) is 4.90 Å². The molecule has 23 heavy (non-hydrogen) atoms. The molecule has 3 heteroatoms. The Kier molecular flexibility index (Phi) is 4.25. The van der Waals surface area contributed by atoms with Gasteiger partial charge in [-0.3, -0.25) is 4.79 Å². The van der Waals surface area contributed by atoms with E-state index in [1.54, 1.807) is 0 Å². The van der Waals surface area contributed by atoms with Crippen LogP contribution in [0.3, 0.4) is 0 Å². The second kappa shape index (κ2) is 6.23. The van der Waals surface area contributed by atoms with E-state index in [9.17, 15) is 4.79 Å². The first kappa shape index (κ1) is 15.7. The number of hydrogen-bond acceptors (Lipinski definition) is 2. The van der Waals surface area contributed by atoms with Crippen LogP contribution in [-0.2, 0) is 9.53 Å². The fraction of sp³-hybridized carbons (Fsp3) is 0.850. The van der Waals surface area contributed by atoms with Crippen LogP contribution in [0.5, 0.6) is 0 Å². The Labute approximate surface area is 140 Å². The molecule has 128 valence electrons. The predicted octanol–water partition coefficient (Wildman–Crippen LogP) is 3.64. The van der Waals surface area contributed by atoms with Gasteiger partial charge < -0.3 is 9.64 Å². The first-order chi connectivity index (χ1) is 11.2. The fourth-order valence-electron chi connectivity index (χ4n) is 6.33. The van der Waals surface area contributed by atoms with Crippen molar-refractivity contribution in [3.63, 3.8) is 0 Å². The lowest BCUT2D eigenvalue weighted by atomic mass is 9.49. The minimum absolute atomic E-state index is 0.0426. The number of likely N-dealkylation sites (tertiary alicyclic amines) is 1. The maximum Gasteiger partial charge on any atom is 0.228 e. The maximum atomic E-state index is 13.3. The molecule has 0 radical (unpaired) electrons. The van der Waals surface area contributed by atoms with Gasteiger partial charge in [0.25, 0.3) is 0 Å². The number of rotatable bonds is 5. The third-order valence-electron chi connectivity index (χ3n) is 6.98. The lowest BCUT2D eigenvalue weighted by molar-refractivity contribution is -0.159. The molecule has 1 heterocycles. The number of hydrogen-bond donors (Lipinski definition) is 0. The van der Waals surface area contributed by atoms with Crippen molar-refractivity contribution >= 4 is 5.91 Å². The number of nitrogens with zero attached hydrogens (tertiary/aromatic N) is 1. The van der Waals surface area contributed by atoms with Crippen molar-refractivity contribution in [2.75, 3.05) is 26.3 Å². The molecule has 0 aromatic rings. The molecule has 0 aromatic carbocycles. The first-order valence-electron chi connectivity index (χ1n) is 9.66. The van der Waals surface area contributed by atoms with Crippen molar-refractivity contribution in [1.29, 1.82) is 0 Å². The van der Waals surface area contributed by atoms with Crippen molar-refractivity contribution in [2.24, 2.45) is 29.1 Å². The van der Waals surface area contributed by atoms with Crippen LogP contribution in [0.4, 0.5) is 0 Å².